The van der Waals surface area contributed by atoms with Gasteiger partial charge < -0.3 is 9.47 Å². The van der Waals surface area contributed by atoms with Crippen molar-refractivity contribution in [2.24, 2.45) is 0 Å². The number of carbonyl (C=O) groups excluding carboxylic acids is 1. The van der Waals surface area contributed by atoms with E-state index in [2.05, 4.69) is 43.4 Å². The molecule has 0 radical (unpaired) electrons. The number of hydrogen-bond donors (Lipinski definition) is 0. The van der Waals surface area contributed by atoms with E-state index in [1.807, 2.05) is 12.1 Å². The monoisotopic (exact) mass is 500 g/mol. The second-order valence-electron chi connectivity index (χ2n) is 6.30. The number of ether oxygens (including phenoxy) is 2. The first kappa shape index (κ1) is 20.8. The third-order valence-corrected chi connectivity index (χ3v) is 6.94. The number of aromatic nitrogens is 2. The SMILES string of the molecule is COc1ccc(C(=O)CSc2ncnc3scc(-c4ccc(Br)cc4)c23)cc1OC. The maximum atomic E-state index is 12.8. The molecule has 30 heavy (non-hydrogen) atoms. The Kier molecular flexibility index (Phi) is 6.36. The Balaban J connectivity index is 1.61. The summed E-state index contributed by atoms with van der Waals surface area (Å²) in [6, 6.07) is 13.3. The van der Waals surface area contributed by atoms with Gasteiger partial charge in [0.2, 0.25) is 0 Å². The van der Waals surface area contributed by atoms with Crippen LogP contribution in [0.4, 0.5) is 0 Å². The predicted octanol–water partition coefficient (Wildman–Crippen LogP) is 6.11. The molecule has 0 fully saturated rings. The molecule has 0 N–H and O–H groups in total. The van der Waals surface area contributed by atoms with Gasteiger partial charge in [-0.15, -0.1) is 11.3 Å². The molecule has 2 aromatic carbocycles. The van der Waals surface area contributed by atoms with Crippen molar-refractivity contribution >= 4 is 55.0 Å². The molecule has 0 bridgehead atoms. The van der Waals surface area contributed by atoms with Crippen LogP contribution < -0.4 is 9.47 Å². The number of hydrogen-bond acceptors (Lipinski definition) is 7. The number of thioether (sulfide) groups is 1. The number of halogens is 1. The minimum Gasteiger partial charge on any atom is -0.493 e. The topological polar surface area (TPSA) is 61.3 Å². The van der Waals surface area contributed by atoms with E-state index in [4.69, 9.17) is 9.47 Å². The summed E-state index contributed by atoms with van der Waals surface area (Å²) < 4.78 is 11.6. The Hall–Kier alpha value is -2.42. The number of fused-ring (bicyclic) bond motifs is 1. The lowest BCUT2D eigenvalue weighted by Gasteiger charge is -2.09. The lowest BCUT2D eigenvalue weighted by molar-refractivity contribution is 0.102. The third kappa shape index (κ3) is 4.21. The minimum atomic E-state index is -0.00636. The number of Topliss-reactive ketones (excluding diaryl/α,β-unsaturated/α-hetero) is 1. The van der Waals surface area contributed by atoms with E-state index < -0.39 is 0 Å². The molecule has 0 aliphatic rings. The van der Waals surface area contributed by atoms with Gasteiger partial charge in [-0.2, -0.15) is 0 Å². The molecule has 0 saturated carbocycles. The molecule has 0 atom stereocenters. The first-order chi connectivity index (χ1) is 14.6. The molecule has 2 aromatic heterocycles. The Morgan fingerprint density at radius 3 is 2.57 bits per heavy atom. The number of nitrogens with zero attached hydrogens (tertiary/aromatic N) is 2. The van der Waals surface area contributed by atoms with Crippen LogP contribution >= 0.6 is 39.0 Å². The zero-order valence-electron chi connectivity index (χ0n) is 16.2. The van der Waals surface area contributed by atoms with Crippen LogP contribution in [0, 0.1) is 0 Å². The van der Waals surface area contributed by atoms with Crippen molar-refractivity contribution in [3.8, 4) is 22.6 Å². The first-order valence-corrected chi connectivity index (χ1v) is 11.6. The summed E-state index contributed by atoms with van der Waals surface area (Å²) in [5.41, 5.74) is 2.74. The maximum absolute atomic E-state index is 12.8. The van der Waals surface area contributed by atoms with Gasteiger partial charge in [-0.25, -0.2) is 9.97 Å². The van der Waals surface area contributed by atoms with Gasteiger partial charge in [0.1, 0.15) is 16.2 Å². The third-order valence-electron chi connectivity index (χ3n) is 4.54. The van der Waals surface area contributed by atoms with E-state index in [0.717, 1.165) is 30.8 Å². The van der Waals surface area contributed by atoms with Gasteiger partial charge >= 0.3 is 0 Å². The van der Waals surface area contributed by atoms with Gasteiger partial charge in [-0.3, -0.25) is 4.79 Å². The molecule has 8 heteroatoms. The highest BCUT2D eigenvalue weighted by atomic mass is 79.9. The van der Waals surface area contributed by atoms with E-state index in [-0.39, 0.29) is 11.5 Å². The van der Waals surface area contributed by atoms with Gasteiger partial charge in [0, 0.05) is 21.0 Å². The predicted molar refractivity (Wildman–Crippen MR) is 125 cm³/mol. The van der Waals surface area contributed by atoms with Gasteiger partial charge in [0.05, 0.1) is 25.4 Å². The highest BCUT2D eigenvalue weighted by molar-refractivity contribution is 9.10. The molecule has 0 unspecified atom stereocenters. The van der Waals surface area contributed by atoms with Crippen molar-refractivity contribution in [1.82, 2.24) is 9.97 Å². The summed E-state index contributed by atoms with van der Waals surface area (Å²) in [6.45, 7) is 0. The van der Waals surface area contributed by atoms with Crippen LogP contribution in [-0.4, -0.2) is 35.7 Å². The quantitative estimate of drug-likeness (QED) is 0.173. The van der Waals surface area contributed by atoms with Crippen LogP contribution in [0.15, 0.2) is 63.7 Å². The molecule has 0 aliphatic heterocycles. The highest BCUT2D eigenvalue weighted by Crippen LogP contribution is 2.38. The van der Waals surface area contributed by atoms with E-state index in [1.165, 1.54) is 11.8 Å². The van der Waals surface area contributed by atoms with Crippen LogP contribution in [-0.2, 0) is 0 Å². The molecule has 0 saturated heterocycles. The molecular weight excluding hydrogens is 484 g/mol. The largest absolute Gasteiger partial charge is 0.493 e. The number of carbonyl (C=O) groups is 1. The summed E-state index contributed by atoms with van der Waals surface area (Å²) in [5, 5.41) is 3.87. The maximum Gasteiger partial charge on any atom is 0.173 e. The standard InChI is InChI=1S/C22H17BrN2O3S2/c1-27-18-8-5-14(9-19(18)28-2)17(26)11-30-22-20-16(10-29-21(20)24-12-25-22)13-3-6-15(23)7-4-13/h3-10,12H,11H2,1-2H3. The fraction of sp³-hybridized carbons (Fsp3) is 0.136. The van der Waals surface area contributed by atoms with Crippen molar-refractivity contribution in [2.75, 3.05) is 20.0 Å². The summed E-state index contributed by atoms with van der Waals surface area (Å²) in [5.74, 6) is 1.38. The Labute approximate surface area is 190 Å². The smallest absolute Gasteiger partial charge is 0.173 e. The summed E-state index contributed by atoms with van der Waals surface area (Å²) in [6.07, 6.45) is 1.55. The number of benzene rings is 2. The molecule has 5 nitrogen and oxygen atoms in total. The van der Waals surface area contributed by atoms with E-state index in [9.17, 15) is 4.79 Å². The molecule has 4 aromatic rings. The number of ketones is 1. The zero-order valence-corrected chi connectivity index (χ0v) is 19.4. The lowest BCUT2D eigenvalue weighted by atomic mass is 10.1. The minimum absolute atomic E-state index is 0.00636. The van der Waals surface area contributed by atoms with Gasteiger partial charge in [0.15, 0.2) is 17.3 Å². The van der Waals surface area contributed by atoms with Crippen molar-refractivity contribution in [1.29, 1.82) is 0 Å². The second-order valence-corrected chi connectivity index (χ2v) is 9.03. The first-order valence-electron chi connectivity index (χ1n) is 8.97. The molecule has 0 aliphatic carbocycles. The average Bonchev–Trinajstić information content (AvgIpc) is 3.22. The van der Waals surface area contributed by atoms with Crippen LogP contribution in [0.1, 0.15) is 10.4 Å². The average molecular weight is 501 g/mol. The van der Waals surface area contributed by atoms with Crippen LogP contribution in [0.2, 0.25) is 0 Å². The Bertz CT molecular complexity index is 1210. The van der Waals surface area contributed by atoms with E-state index in [1.54, 1.807) is 50.1 Å². The molecule has 0 spiro atoms. The molecule has 2 heterocycles. The Morgan fingerprint density at radius 2 is 1.83 bits per heavy atom. The number of methoxy groups -OCH3 is 2. The van der Waals surface area contributed by atoms with E-state index >= 15 is 0 Å². The zero-order chi connectivity index (χ0) is 21.1. The van der Waals surface area contributed by atoms with Crippen molar-refractivity contribution in [3.63, 3.8) is 0 Å². The highest BCUT2D eigenvalue weighted by Gasteiger charge is 2.16. The summed E-state index contributed by atoms with van der Waals surface area (Å²) >= 11 is 6.47. The van der Waals surface area contributed by atoms with Gasteiger partial charge in [-0.1, -0.05) is 39.8 Å². The fourth-order valence-electron chi connectivity index (χ4n) is 3.03. The van der Waals surface area contributed by atoms with Crippen LogP contribution in [0.3, 0.4) is 0 Å². The summed E-state index contributed by atoms with van der Waals surface area (Å²) in [4.78, 5) is 22.6. The normalized spacial score (nSPS) is 10.9. The molecule has 4 rings (SSSR count). The van der Waals surface area contributed by atoms with Gasteiger partial charge in [-0.05, 0) is 35.9 Å². The van der Waals surface area contributed by atoms with Crippen LogP contribution in [0.25, 0.3) is 21.3 Å². The van der Waals surface area contributed by atoms with E-state index in [0.29, 0.717) is 17.1 Å². The lowest BCUT2D eigenvalue weighted by Crippen LogP contribution is -2.04. The fourth-order valence-corrected chi connectivity index (χ4v) is 5.18. The molecule has 152 valence electrons. The molecular formula is C22H17BrN2O3S2. The number of thiophene rings is 1. The second kappa shape index (κ2) is 9.16. The number of rotatable bonds is 7. The van der Waals surface area contributed by atoms with Crippen LogP contribution in [0.5, 0.6) is 11.5 Å². The van der Waals surface area contributed by atoms with Crippen molar-refractivity contribution < 1.29 is 14.3 Å². The Morgan fingerprint density at radius 1 is 1.07 bits per heavy atom. The van der Waals surface area contributed by atoms with Crippen molar-refractivity contribution in [2.45, 2.75) is 5.03 Å². The molecule has 0 amide bonds. The van der Waals surface area contributed by atoms with Gasteiger partial charge in [0.25, 0.3) is 0 Å². The summed E-state index contributed by atoms with van der Waals surface area (Å²) in [7, 11) is 3.12. The van der Waals surface area contributed by atoms with Crippen molar-refractivity contribution in [3.05, 3.63) is 64.2 Å².